The molecule has 1 aromatic rings. The highest BCUT2D eigenvalue weighted by atomic mass is 79.9. The smallest absolute Gasteiger partial charge is 0.389 e. The summed E-state index contributed by atoms with van der Waals surface area (Å²) in [4.78, 5) is 11.2. The Morgan fingerprint density at radius 2 is 1.72 bits per heavy atom. The lowest BCUT2D eigenvalue weighted by Crippen LogP contribution is -2.26. The van der Waals surface area contributed by atoms with Crippen molar-refractivity contribution in [3.63, 3.8) is 0 Å². The number of esters is 1. The molecule has 7 heteroatoms. The molecule has 0 heterocycles. The molecule has 0 aliphatic rings. The predicted octanol–water partition coefficient (Wildman–Crippen LogP) is 3.24. The molecular weight excluding hydrogens is 323 g/mol. The van der Waals surface area contributed by atoms with Gasteiger partial charge in [0.15, 0.2) is 0 Å². The number of ether oxygens (including phenoxy) is 1. The van der Waals surface area contributed by atoms with Crippen molar-refractivity contribution in [1.29, 1.82) is 0 Å². The molecule has 0 radical (unpaired) electrons. The Balaban J connectivity index is 3.36. The molecule has 0 aliphatic carbocycles. The average Bonchev–Trinajstić information content (AvgIpc) is 2.37. The van der Waals surface area contributed by atoms with Gasteiger partial charge in [0, 0.05) is 26.7 Å². The molecule has 0 spiro atoms. The number of carbonyl (C=O) groups is 1. The van der Waals surface area contributed by atoms with Crippen LogP contribution >= 0.6 is 23.5 Å². The van der Waals surface area contributed by atoms with Gasteiger partial charge in [-0.25, -0.2) is 0 Å². The topological polar surface area (TPSA) is 61.8 Å². The zero-order valence-corrected chi connectivity index (χ0v) is 12.7. The van der Waals surface area contributed by atoms with E-state index in [4.69, 9.17) is 13.8 Å². The fraction of sp³-hybridized carbons (Fsp3) is 0.364. The van der Waals surface area contributed by atoms with E-state index in [-0.39, 0.29) is 0 Å². The van der Waals surface area contributed by atoms with Gasteiger partial charge < -0.3 is 13.8 Å². The number of hydrogen-bond acceptors (Lipinski definition) is 5. The molecule has 0 N–H and O–H groups in total. The Morgan fingerprint density at radius 3 is 2.11 bits per heavy atom. The summed E-state index contributed by atoms with van der Waals surface area (Å²) >= 11 is 3.18. The Kier molecular flexibility index (Phi) is 5.10. The van der Waals surface area contributed by atoms with Crippen LogP contribution in [0.1, 0.15) is 12.5 Å². The first-order chi connectivity index (χ1) is 8.39. The summed E-state index contributed by atoms with van der Waals surface area (Å²) in [5, 5.41) is 0. The van der Waals surface area contributed by atoms with Crippen molar-refractivity contribution in [2.45, 2.75) is 11.2 Å². The van der Waals surface area contributed by atoms with E-state index in [1.165, 1.54) is 21.1 Å². The van der Waals surface area contributed by atoms with E-state index >= 15 is 0 Å². The first kappa shape index (κ1) is 15.4. The standard InChI is InChI=1S/C11H14BrO5P/c1-9(13)17-11(12,18(14,15-2)16-3)10-7-5-4-6-8-10/h4-8H,1-3H3. The lowest BCUT2D eigenvalue weighted by atomic mass is 10.2. The second-order valence-corrected chi connectivity index (χ2v) is 7.47. The molecular formula is C11H14BrO5P. The third kappa shape index (κ3) is 2.83. The summed E-state index contributed by atoms with van der Waals surface area (Å²) in [6, 6.07) is 8.55. The summed E-state index contributed by atoms with van der Waals surface area (Å²) in [5.41, 5.74) is 0.465. The van der Waals surface area contributed by atoms with Crippen LogP contribution in [-0.2, 0) is 27.4 Å². The molecule has 18 heavy (non-hydrogen) atoms. The van der Waals surface area contributed by atoms with E-state index in [0.29, 0.717) is 5.56 Å². The molecule has 0 amide bonds. The van der Waals surface area contributed by atoms with Gasteiger partial charge in [-0.1, -0.05) is 30.3 Å². The maximum atomic E-state index is 12.5. The fourth-order valence-electron chi connectivity index (χ4n) is 1.42. The number of rotatable bonds is 5. The summed E-state index contributed by atoms with van der Waals surface area (Å²) < 4.78 is 25.9. The quantitative estimate of drug-likeness (QED) is 0.469. The van der Waals surface area contributed by atoms with Gasteiger partial charge in [-0.05, 0) is 15.9 Å². The van der Waals surface area contributed by atoms with Gasteiger partial charge in [-0.2, -0.15) is 0 Å². The van der Waals surface area contributed by atoms with Gasteiger partial charge in [0.05, 0.1) is 0 Å². The third-order valence-corrected chi connectivity index (χ3v) is 6.18. The van der Waals surface area contributed by atoms with Crippen molar-refractivity contribution < 1.29 is 23.1 Å². The molecule has 0 aromatic heterocycles. The number of benzene rings is 1. The molecule has 1 aromatic carbocycles. The predicted molar refractivity (Wildman–Crippen MR) is 70.4 cm³/mol. The van der Waals surface area contributed by atoms with Crippen LogP contribution in [0.5, 0.6) is 0 Å². The van der Waals surface area contributed by atoms with Crippen LogP contribution in [0.2, 0.25) is 0 Å². The van der Waals surface area contributed by atoms with Gasteiger partial charge in [0.1, 0.15) is 0 Å². The molecule has 0 aliphatic heterocycles. The van der Waals surface area contributed by atoms with Crippen LogP contribution in [0.4, 0.5) is 0 Å². The fourth-order valence-corrected chi connectivity index (χ4v) is 4.10. The van der Waals surface area contributed by atoms with E-state index in [2.05, 4.69) is 15.9 Å². The molecule has 1 rings (SSSR count). The van der Waals surface area contributed by atoms with Gasteiger partial charge in [-0.3, -0.25) is 9.36 Å². The lowest BCUT2D eigenvalue weighted by Gasteiger charge is -2.32. The highest BCUT2D eigenvalue weighted by Crippen LogP contribution is 2.68. The highest BCUT2D eigenvalue weighted by Gasteiger charge is 2.53. The summed E-state index contributed by atoms with van der Waals surface area (Å²) in [6.45, 7) is 1.22. The first-order valence-corrected chi connectivity index (χ1v) is 7.39. The van der Waals surface area contributed by atoms with Crippen LogP contribution in [0.3, 0.4) is 0 Å². The Morgan fingerprint density at radius 1 is 1.22 bits per heavy atom. The van der Waals surface area contributed by atoms with E-state index in [1.807, 2.05) is 0 Å². The lowest BCUT2D eigenvalue weighted by molar-refractivity contribution is -0.145. The molecule has 0 saturated carbocycles. The average molecular weight is 337 g/mol. The minimum absolute atomic E-state index is 0.465. The molecule has 0 fully saturated rings. The largest absolute Gasteiger partial charge is 0.430 e. The van der Waals surface area contributed by atoms with Crippen LogP contribution in [0, 0.1) is 0 Å². The van der Waals surface area contributed by atoms with Crippen LogP contribution < -0.4 is 0 Å². The maximum Gasteiger partial charge on any atom is 0.389 e. The molecule has 5 nitrogen and oxygen atoms in total. The maximum absolute atomic E-state index is 12.5. The molecule has 1 unspecified atom stereocenters. The minimum atomic E-state index is -3.71. The van der Waals surface area contributed by atoms with Gasteiger partial charge in [-0.15, -0.1) is 0 Å². The summed E-state index contributed by atoms with van der Waals surface area (Å²) in [5.74, 6) is -0.606. The number of halogens is 1. The van der Waals surface area contributed by atoms with E-state index < -0.39 is 17.8 Å². The van der Waals surface area contributed by atoms with Crippen LogP contribution in [-0.4, -0.2) is 20.2 Å². The SMILES string of the molecule is COP(=O)(OC)C(Br)(OC(C)=O)c1ccccc1. The normalized spacial score (nSPS) is 14.9. The van der Waals surface area contributed by atoms with Gasteiger partial charge in [0.2, 0.25) is 0 Å². The Hall–Kier alpha value is -0.680. The second-order valence-electron chi connectivity index (χ2n) is 3.38. The van der Waals surface area contributed by atoms with Crippen LogP contribution in [0.15, 0.2) is 30.3 Å². The Labute approximate surface area is 114 Å². The second kappa shape index (κ2) is 5.97. The van der Waals surface area contributed by atoms with E-state index in [9.17, 15) is 9.36 Å². The molecule has 0 bridgehead atoms. The van der Waals surface area contributed by atoms with Crippen molar-refractivity contribution in [1.82, 2.24) is 0 Å². The van der Waals surface area contributed by atoms with Crippen LogP contribution in [0.25, 0.3) is 0 Å². The van der Waals surface area contributed by atoms with Crippen molar-refractivity contribution in [3.8, 4) is 0 Å². The molecule has 100 valence electrons. The monoisotopic (exact) mass is 336 g/mol. The number of alkyl halides is 1. The van der Waals surface area contributed by atoms with Crippen molar-refractivity contribution in [3.05, 3.63) is 35.9 Å². The zero-order valence-electron chi connectivity index (χ0n) is 10.3. The number of carbonyl (C=O) groups excluding carboxylic acids is 1. The first-order valence-electron chi connectivity index (χ1n) is 5.05. The number of hydrogen-bond donors (Lipinski definition) is 0. The summed E-state index contributed by atoms with van der Waals surface area (Å²) in [6.07, 6.45) is 0. The van der Waals surface area contributed by atoms with E-state index in [0.717, 1.165) is 0 Å². The van der Waals surface area contributed by atoms with Crippen molar-refractivity contribution in [2.24, 2.45) is 0 Å². The zero-order chi connectivity index (χ0) is 13.8. The summed E-state index contributed by atoms with van der Waals surface area (Å²) in [7, 11) is -1.25. The minimum Gasteiger partial charge on any atom is -0.430 e. The van der Waals surface area contributed by atoms with Gasteiger partial charge >= 0.3 is 13.6 Å². The third-order valence-electron chi connectivity index (χ3n) is 2.24. The van der Waals surface area contributed by atoms with E-state index in [1.54, 1.807) is 30.3 Å². The molecule has 1 atom stereocenters. The van der Waals surface area contributed by atoms with Crippen molar-refractivity contribution >= 4 is 29.5 Å². The van der Waals surface area contributed by atoms with Gasteiger partial charge in [0.25, 0.3) is 4.25 Å². The Bertz CT molecular complexity index is 456. The highest BCUT2D eigenvalue weighted by molar-refractivity contribution is 9.10. The van der Waals surface area contributed by atoms with Crippen molar-refractivity contribution in [2.75, 3.05) is 14.2 Å². The molecule has 0 saturated heterocycles.